The number of sulfonamides is 1. The van der Waals surface area contributed by atoms with Crippen molar-refractivity contribution < 1.29 is 18.0 Å². The van der Waals surface area contributed by atoms with Crippen molar-refractivity contribution in [2.45, 2.75) is 52.7 Å². The van der Waals surface area contributed by atoms with Crippen molar-refractivity contribution in [1.82, 2.24) is 10.2 Å². The van der Waals surface area contributed by atoms with E-state index in [0.29, 0.717) is 27.7 Å². The van der Waals surface area contributed by atoms with Crippen LogP contribution in [0.2, 0.25) is 10.0 Å². The molecule has 0 saturated heterocycles. The standard InChI is InChI=1S/C24H30BrCl2N3O4S/c1-6-16(3)28-24(32)17(4)29(13-19-21(26)8-7-9-22(19)27)23(31)14-30(35(5,33)34)18-10-11-20(25)15(2)12-18/h7-12,16-17H,6,13-14H2,1-5H3,(H,28,32)/t16-,17-/m0/s1. The van der Waals surface area contributed by atoms with Gasteiger partial charge in [-0.1, -0.05) is 52.1 Å². The maximum absolute atomic E-state index is 13.6. The fourth-order valence-electron chi connectivity index (χ4n) is 3.30. The normalized spacial score (nSPS) is 13.1. The molecule has 0 aliphatic rings. The van der Waals surface area contributed by atoms with Crippen LogP contribution in [-0.4, -0.2) is 50.0 Å². The average molecular weight is 607 g/mol. The van der Waals surface area contributed by atoms with Crippen LogP contribution in [0.15, 0.2) is 40.9 Å². The van der Waals surface area contributed by atoms with Crippen molar-refractivity contribution in [3.05, 3.63) is 62.0 Å². The van der Waals surface area contributed by atoms with Gasteiger partial charge in [-0.25, -0.2) is 8.42 Å². The highest BCUT2D eigenvalue weighted by atomic mass is 79.9. The van der Waals surface area contributed by atoms with E-state index >= 15 is 0 Å². The zero-order valence-electron chi connectivity index (χ0n) is 20.3. The van der Waals surface area contributed by atoms with Crippen molar-refractivity contribution in [3.63, 3.8) is 0 Å². The molecule has 0 aliphatic heterocycles. The number of carbonyl (C=O) groups excluding carboxylic acids is 2. The smallest absolute Gasteiger partial charge is 0.244 e. The first-order valence-corrected chi connectivity index (χ1v) is 14.4. The molecule has 0 bridgehead atoms. The molecule has 0 saturated carbocycles. The molecule has 1 N–H and O–H groups in total. The molecular weight excluding hydrogens is 577 g/mol. The highest BCUT2D eigenvalue weighted by Crippen LogP contribution is 2.28. The molecule has 11 heteroatoms. The van der Waals surface area contributed by atoms with Gasteiger partial charge in [-0.3, -0.25) is 13.9 Å². The van der Waals surface area contributed by atoms with E-state index in [1.807, 2.05) is 20.8 Å². The summed E-state index contributed by atoms with van der Waals surface area (Å²) in [5.74, 6) is -0.931. The van der Waals surface area contributed by atoms with Crippen LogP contribution in [0.25, 0.3) is 0 Å². The Morgan fingerprint density at radius 1 is 1.11 bits per heavy atom. The number of amides is 2. The van der Waals surface area contributed by atoms with E-state index in [1.54, 1.807) is 43.3 Å². The largest absolute Gasteiger partial charge is 0.352 e. The number of benzene rings is 2. The minimum absolute atomic E-state index is 0.0661. The van der Waals surface area contributed by atoms with Crippen LogP contribution in [0.4, 0.5) is 5.69 Å². The molecule has 2 amide bonds. The Hall–Kier alpha value is -1.81. The fourth-order valence-corrected chi connectivity index (χ4v) is 4.90. The Balaban J connectivity index is 2.47. The Morgan fingerprint density at radius 2 is 1.71 bits per heavy atom. The lowest BCUT2D eigenvalue weighted by Crippen LogP contribution is -2.52. The SMILES string of the molecule is CC[C@H](C)NC(=O)[C@H](C)N(Cc1c(Cl)cccc1Cl)C(=O)CN(c1ccc(Br)c(C)c1)S(C)(=O)=O. The number of aryl methyl sites for hydroxylation is 1. The van der Waals surface area contributed by atoms with Gasteiger partial charge in [0.25, 0.3) is 0 Å². The van der Waals surface area contributed by atoms with Gasteiger partial charge in [-0.2, -0.15) is 0 Å². The van der Waals surface area contributed by atoms with Crippen molar-refractivity contribution in [1.29, 1.82) is 0 Å². The summed E-state index contributed by atoms with van der Waals surface area (Å²) in [5.41, 5.74) is 1.62. The molecular formula is C24H30BrCl2N3O4S. The molecule has 0 unspecified atom stereocenters. The summed E-state index contributed by atoms with van der Waals surface area (Å²) in [6.07, 6.45) is 1.75. The predicted octanol–water partition coefficient (Wildman–Crippen LogP) is 5.16. The van der Waals surface area contributed by atoms with E-state index < -0.39 is 28.5 Å². The molecule has 192 valence electrons. The third-order valence-electron chi connectivity index (χ3n) is 5.67. The third kappa shape index (κ3) is 7.84. The van der Waals surface area contributed by atoms with Crippen molar-refractivity contribution in [2.24, 2.45) is 0 Å². The molecule has 0 aliphatic carbocycles. The van der Waals surface area contributed by atoms with Crippen LogP contribution in [0, 0.1) is 6.92 Å². The maximum Gasteiger partial charge on any atom is 0.244 e. The summed E-state index contributed by atoms with van der Waals surface area (Å²) in [7, 11) is -3.82. The minimum Gasteiger partial charge on any atom is -0.352 e. The van der Waals surface area contributed by atoms with Crippen LogP contribution < -0.4 is 9.62 Å². The number of anilines is 1. The van der Waals surface area contributed by atoms with E-state index in [1.165, 1.54) is 4.90 Å². The number of rotatable bonds is 10. The van der Waals surface area contributed by atoms with Gasteiger partial charge in [0, 0.05) is 32.7 Å². The number of hydrogen-bond acceptors (Lipinski definition) is 4. The Kier molecular flexibility index (Phi) is 10.4. The Bertz CT molecular complexity index is 1170. The highest BCUT2D eigenvalue weighted by Gasteiger charge is 2.31. The first-order chi connectivity index (χ1) is 16.3. The van der Waals surface area contributed by atoms with Crippen molar-refractivity contribution in [3.8, 4) is 0 Å². The molecule has 2 aromatic rings. The van der Waals surface area contributed by atoms with Gasteiger partial charge in [-0.05, 0) is 63.1 Å². The number of nitrogens with zero attached hydrogens (tertiary/aromatic N) is 2. The van der Waals surface area contributed by atoms with Gasteiger partial charge in [0.05, 0.1) is 11.9 Å². The van der Waals surface area contributed by atoms with Gasteiger partial charge < -0.3 is 10.2 Å². The highest BCUT2D eigenvalue weighted by molar-refractivity contribution is 9.10. The lowest BCUT2D eigenvalue weighted by molar-refractivity contribution is -0.139. The molecule has 0 heterocycles. The average Bonchev–Trinajstić information content (AvgIpc) is 2.77. The Morgan fingerprint density at radius 3 is 2.23 bits per heavy atom. The molecule has 2 atom stereocenters. The van der Waals surface area contributed by atoms with E-state index in [4.69, 9.17) is 23.2 Å². The van der Waals surface area contributed by atoms with E-state index in [0.717, 1.165) is 20.6 Å². The predicted molar refractivity (Wildman–Crippen MR) is 145 cm³/mol. The molecule has 0 aromatic heterocycles. The van der Waals surface area contributed by atoms with Gasteiger partial charge in [0.2, 0.25) is 21.8 Å². The van der Waals surface area contributed by atoms with Gasteiger partial charge in [-0.15, -0.1) is 0 Å². The molecule has 0 fully saturated rings. The zero-order valence-corrected chi connectivity index (χ0v) is 24.2. The number of hydrogen-bond donors (Lipinski definition) is 1. The van der Waals surface area contributed by atoms with Crippen LogP contribution in [0.5, 0.6) is 0 Å². The number of nitrogens with one attached hydrogen (secondary N) is 1. The summed E-state index contributed by atoms with van der Waals surface area (Å²) in [5, 5.41) is 3.55. The molecule has 0 spiro atoms. The molecule has 7 nitrogen and oxygen atoms in total. The third-order valence-corrected chi connectivity index (χ3v) is 8.41. The summed E-state index contributed by atoms with van der Waals surface area (Å²) >= 11 is 16.1. The first-order valence-electron chi connectivity index (χ1n) is 11.0. The number of halogens is 3. The van der Waals surface area contributed by atoms with E-state index in [-0.39, 0.29) is 18.5 Å². The summed E-state index contributed by atoms with van der Waals surface area (Å²) in [6.45, 7) is 6.65. The first kappa shape index (κ1) is 29.4. The quantitative estimate of drug-likeness (QED) is 0.405. The summed E-state index contributed by atoms with van der Waals surface area (Å²) in [4.78, 5) is 27.8. The van der Waals surface area contributed by atoms with Crippen molar-refractivity contribution >= 4 is 66.7 Å². The second kappa shape index (κ2) is 12.4. The van der Waals surface area contributed by atoms with Crippen molar-refractivity contribution in [2.75, 3.05) is 17.1 Å². The molecule has 35 heavy (non-hydrogen) atoms. The van der Waals surface area contributed by atoms with Crippen LogP contribution >= 0.6 is 39.1 Å². The second-order valence-corrected chi connectivity index (χ2v) is 12.0. The van der Waals surface area contributed by atoms with Gasteiger partial charge in [0.15, 0.2) is 0 Å². The van der Waals surface area contributed by atoms with Crippen LogP contribution in [0.1, 0.15) is 38.3 Å². The topological polar surface area (TPSA) is 86.8 Å². The van der Waals surface area contributed by atoms with Crippen LogP contribution in [0.3, 0.4) is 0 Å². The second-order valence-electron chi connectivity index (χ2n) is 8.42. The minimum atomic E-state index is -3.82. The number of carbonyl (C=O) groups is 2. The lowest BCUT2D eigenvalue weighted by atomic mass is 10.1. The molecule has 2 rings (SSSR count). The van der Waals surface area contributed by atoms with Gasteiger partial charge in [0.1, 0.15) is 12.6 Å². The van der Waals surface area contributed by atoms with E-state index in [9.17, 15) is 18.0 Å². The Labute approximate surface area is 225 Å². The zero-order chi connectivity index (χ0) is 26.5. The lowest BCUT2D eigenvalue weighted by Gasteiger charge is -2.32. The summed E-state index contributed by atoms with van der Waals surface area (Å²) < 4.78 is 27.2. The van der Waals surface area contributed by atoms with Gasteiger partial charge >= 0.3 is 0 Å². The van der Waals surface area contributed by atoms with E-state index in [2.05, 4.69) is 21.2 Å². The fraction of sp³-hybridized carbons (Fsp3) is 0.417. The maximum atomic E-state index is 13.6. The molecule has 2 aromatic carbocycles. The molecule has 0 radical (unpaired) electrons. The van der Waals surface area contributed by atoms with Crippen LogP contribution in [-0.2, 0) is 26.2 Å². The summed E-state index contributed by atoms with van der Waals surface area (Å²) in [6, 6.07) is 8.97. The monoisotopic (exact) mass is 605 g/mol.